The van der Waals surface area contributed by atoms with Gasteiger partial charge in [-0.15, -0.1) is 0 Å². The number of rotatable bonds is 3. The van der Waals surface area contributed by atoms with E-state index in [4.69, 9.17) is 4.84 Å². The van der Waals surface area contributed by atoms with Crippen LogP contribution in [0.4, 0.5) is 11.4 Å². The van der Waals surface area contributed by atoms with Crippen LogP contribution in [-0.4, -0.2) is 17.9 Å². The molecule has 0 radical (unpaired) electrons. The smallest absolute Gasteiger partial charge is 0.266 e. The van der Waals surface area contributed by atoms with Gasteiger partial charge in [0.1, 0.15) is 5.92 Å². The molecule has 0 N–H and O–H groups in total. The van der Waals surface area contributed by atoms with E-state index in [0.29, 0.717) is 5.69 Å². The van der Waals surface area contributed by atoms with E-state index in [1.165, 1.54) is 10.5 Å². The summed E-state index contributed by atoms with van der Waals surface area (Å²) in [6.45, 7) is 8.49. The van der Waals surface area contributed by atoms with E-state index in [1.54, 1.807) is 5.06 Å². The number of fused-ring (bicyclic) bond motifs is 1. The lowest BCUT2D eigenvalue weighted by atomic mass is 9.84. The first-order valence-electron chi connectivity index (χ1n) is 11.3. The van der Waals surface area contributed by atoms with Crippen LogP contribution in [0.3, 0.4) is 0 Å². The molecule has 2 saturated heterocycles. The van der Waals surface area contributed by atoms with Gasteiger partial charge in [-0.2, -0.15) is 0 Å². The van der Waals surface area contributed by atoms with Crippen LogP contribution in [0, 0.1) is 12.8 Å². The van der Waals surface area contributed by atoms with Crippen LogP contribution in [0.5, 0.6) is 0 Å². The van der Waals surface area contributed by atoms with Crippen LogP contribution in [0.1, 0.15) is 43.5 Å². The number of hydroxylamine groups is 1. The van der Waals surface area contributed by atoms with Gasteiger partial charge < -0.3 is 0 Å². The lowest BCUT2D eigenvalue weighted by Gasteiger charge is -2.29. The number of amides is 2. The van der Waals surface area contributed by atoms with Crippen molar-refractivity contribution in [2.45, 2.75) is 45.3 Å². The fourth-order valence-corrected chi connectivity index (χ4v) is 4.68. The predicted molar refractivity (Wildman–Crippen MR) is 129 cm³/mol. The summed E-state index contributed by atoms with van der Waals surface area (Å²) in [6, 6.07) is 25.0. The van der Waals surface area contributed by atoms with Crippen molar-refractivity contribution in [1.82, 2.24) is 0 Å². The Morgan fingerprint density at radius 1 is 0.758 bits per heavy atom. The van der Waals surface area contributed by atoms with Gasteiger partial charge in [-0.05, 0) is 47.7 Å². The molecule has 2 fully saturated rings. The molecule has 2 heterocycles. The van der Waals surface area contributed by atoms with Crippen molar-refractivity contribution >= 4 is 23.2 Å². The summed E-state index contributed by atoms with van der Waals surface area (Å²) >= 11 is 0. The van der Waals surface area contributed by atoms with Crippen molar-refractivity contribution in [3.63, 3.8) is 0 Å². The molecule has 3 atom stereocenters. The number of hydrogen-bond donors (Lipinski definition) is 0. The molecule has 5 rings (SSSR count). The average Bonchev–Trinajstić information content (AvgIpc) is 3.31. The third-order valence-electron chi connectivity index (χ3n) is 6.54. The van der Waals surface area contributed by atoms with Crippen molar-refractivity contribution < 1.29 is 14.4 Å². The zero-order chi connectivity index (χ0) is 23.3. The van der Waals surface area contributed by atoms with Crippen LogP contribution in [-0.2, 0) is 19.8 Å². The minimum Gasteiger partial charge on any atom is -0.273 e. The number of imide groups is 1. The molecule has 0 saturated carbocycles. The second-order valence-corrected chi connectivity index (χ2v) is 9.88. The van der Waals surface area contributed by atoms with Crippen LogP contribution in [0.2, 0.25) is 0 Å². The lowest BCUT2D eigenvalue weighted by molar-refractivity contribution is -0.126. The van der Waals surface area contributed by atoms with E-state index in [1.807, 2.05) is 61.5 Å². The highest BCUT2D eigenvalue weighted by Gasteiger charge is 2.60. The molecule has 5 nitrogen and oxygen atoms in total. The third-order valence-corrected chi connectivity index (χ3v) is 6.54. The quantitative estimate of drug-likeness (QED) is 0.516. The van der Waals surface area contributed by atoms with Crippen LogP contribution in [0.15, 0.2) is 78.9 Å². The molecular weight excluding hydrogens is 412 g/mol. The largest absolute Gasteiger partial charge is 0.273 e. The number of carbonyl (C=O) groups excluding carboxylic acids is 2. The van der Waals surface area contributed by atoms with E-state index < -0.39 is 18.1 Å². The number of para-hydroxylation sites is 1. The molecule has 2 aliphatic rings. The predicted octanol–water partition coefficient (Wildman–Crippen LogP) is 5.34. The fraction of sp³-hybridized carbons (Fsp3) is 0.286. The summed E-state index contributed by atoms with van der Waals surface area (Å²) in [7, 11) is 0. The number of nitrogens with zero attached hydrogens (tertiary/aromatic N) is 2. The molecule has 0 spiro atoms. The summed E-state index contributed by atoms with van der Waals surface area (Å²) in [6.07, 6.45) is -0.855. The number of carbonyl (C=O) groups is 2. The molecule has 0 aliphatic carbocycles. The van der Waals surface area contributed by atoms with Crippen molar-refractivity contribution in [2.24, 2.45) is 5.92 Å². The monoisotopic (exact) mass is 440 g/mol. The topological polar surface area (TPSA) is 49.9 Å². The molecular formula is C28H28N2O3. The molecule has 0 bridgehead atoms. The Morgan fingerprint density at radius 2 is 1.39 bits per heavy atom. The number of aryl methyl sites for hydroxylation is 1. The molecule has 168 valence electrons. The maximum absolute atomic E-state index is 13.7. The zero-order valence-electron chi connectivity index (χ0n) is 19.4. The highest BCUT2D eigenvalue weighted by molar-refractivity contribution is 6.23. The van der Waals surface area contributed by atoms with Crippen molar-refractivity contribution in [2.75, 3.05) is 9.96 Å². The maximum atomic E-state index is 13.7. The van der Waals surface area contributed by atoms with E-state index in [2.05, 4.69) is 45.0 Å². The maximum Gasteiger partial charge on any atom is 0.266 e. The molecule has 2 aliphatic heterocycles. The van der Waals surface area contributed by atoms with Crippen molar-refractivity contribution in [3.8, 4) is 0 Å². The van der Waals surface area contributed by atoms with Gasteiger partial charge >= 0.3 is 0 Å². The summed E-state index contributed by atoms with van der Waals surface area (Å²) in [4.78, 5) is 34.5. The van der Waals surface area contributed by atoms with E-state index in [0.717, 1.165) is 16.8 Å². The average molecular weight is 441 g/mol. The molecule has 0 aromatic heterocycles. The van der Waals surface area contributed by atoms with Crippen LogP contribution >= 0.6 is 0 Å². The highest BCUT2D eigenvalue weighted by Crippen LogP contribution is 2.47. The van der Waals surface area contributed by atoms with Crippen molar-refractivity contribution in [1.29, 1.82) is 0 Å². The molecule has 3 aromatic carbocycles. The van der Waals surface area contributed by atoms with Gasteiger partial charge in [-0.1, -0.05) is 80.9 Å². The second kappa shape index (κ2) is 7.85. The summed E-state index contributed by atoms with van der Waals surface area (Å²) in [5, 5.41) is 1.74. The highest BCUT2D eigenvalue weighted by atomic mass is 16.7. The summed E-state index contributed by atoms with van der Waals surface area (Å²) < 4.78 is 0. The molecule has 3 aromatic rings. The fourth-order valence-electron chi connectivity index (χ4n) is 4.68. The van der Waals surface area contributed by atoms with Crippen LogP contribution in [0.25, 0.3) is 0 Å². The van der Waals surface area contributed by atoms with Gasteiger partial charge in [0.15, 0.2) is 6.10 Å². The minimum atomic E-state index is -0.855. The first kappa shape index (κ1) is 21.4. The first-order chi connectivity index (χ1) is 15.8. The SMILES string of the molecule is Cc1ccc(N2C(=O)[C@H]3[C@@H](ON(c4ccccc4)[C@H]3c3ccc(C(C)(C)C)cc3)C2=O)cc1. The van der Waals surface area contributed by atoms with E-state index in [9.17, 15) is 9.59 Å². The van der Waals surface area contributed by atoms with E-state index in [-0.39, 0.29) is 17.2 Å². The standard InChI is InChI=1S/C28H28N2O3/c1-18-10-16-21(17-11-18)29-26(31)23-24(19-12-14-20(15-13-19)28(2,3)4)30(33-25(23)27(29)32)22-8-6-5-7-9-22/h5-17,23-25H,1-4H3/t23-,24+,25-/m1/s1. The zero-order valence-corrected chi connectivity index (χ0v) is 19.4. The molecule has 0 unspecified atom stereocenters. The third kappa shape index (κ3) is 3.62. The van der Waals surface area contributed by atoms with Gasteiger partial charge in [0.25, 0.3) is 5.91 Å². The Balaban J connectivity index is 1.57. The second-order valence-electron chi connectivity index (χ2n) is 9.88. The Kier molecular flexibility index (Phi) is 5.09. The molecule has 33 heavy (non-hydrogen) atoms. The van der Waals surface area contributed by atoms with E-state index >= 15 is 0 Å². The van der Waals surface area contributed by atoms with Gasteiger partial charge in [-0.25, -0.2) is 9.96 Å². The van der Waals surface area contributed by atoms with Gasteiger partial charge in [-0.3, -0.25) is 14.4 Å². The number of hydrogen-bond acceptors (Lipinski definition) is 4. The van der Waals surface area contributed by atoms with Gasteiger partial charge in [0.2, 0.25) is 5.91 Å². The van der Waals surface area contributed by atoms with Gasteiger partial charge in [0, 0.05) is 0 Å². The molecule has 2 amide bonds. The number of benzene rings is 3. The molecule has 5 heteroatoms. The lowest BCUT2D eigenvalue weighted by Crippen LogP contribution is -2.37. The first-order valence-corrected chi connectivity index (χ1v) is 11.3. The van der Waals surface area contributed by atoms with Crippen molar-refractivity contribution in [3.05, 3.63) is 95.6 Å². The van der Waals surface area contributed by atoms with Crippen LogP contribution < -0.4 is 9.96 Å². The normalized spacial score (nSPS) is 22.7. The Morgan fingerprint density at radius 3 is 2.00 bits per heavy atom. The van der Waals surface area contributed by atoms with Gasteiger partial charge in [0.05, 0.1) is 17.4 Å². The number of anilines is 2. The Bertz CT molecular complexity index is 1180. The minimum absolute atomic E-state index is 0.0216. The summed E-state index contributed by atoms with van der Waals surface area (Å²) in [5.74, 6) is -1.17. The summed E-state index contributed by atoms with van der Waals surface area (Å²) in [5.41, 5.74) is 4.66. The Labute approximate surface area is 194 Å². The Hall–Kier alpha value is -3.44.